The van der Waals surface area contributed by atoms with Gasteiger partial charge in [0.1, 0.15) is 5.69 Å². The molecule has 4 heterocycles. The van der Waals surface area contributed by atoms with Crippen LogP contribution in [0.25, 0.3) is 5.65 Å². The zero-order chi connectivity index (χ0) is 31.2. The van der Waals surface area contributed by atoms with Gasteiger partial charge in [-0.05, 0) is 37.9 Å². The van der Waals surface area contributed by atoms with E-state index >= 15 is 0 Å². The number of imidazole rings is 1. The van der Waals surface area contributed by atoms with Gasteiger partial charge in [-0.3, -0.25) is 4.79 Å². The maximum atomic E-state index is 14.1. The number of carbonyl (C=O) groups excluding carboxylic acids is 2. The Morgan fingerprint density at radius 3 is 2.67 bits per heavy atom. The van der Waals surface area contributed by atoms with Crippen molar-refractivity contribution in [3.05, 3.63) is 41.1 Å². The second-order valence-electron chi connectivity index (χ2n) is 11.0. The molecule has 43 heavy (non-hydrogen) atoms. The lowest BCUT2D eigenvalue weighted by Gasteiger charge is -2.38. The molecule has 3 aromatic rings. The van der Waals surface area contributed by atoms with Crippen molar-refractivity contribution < 1.29 is 45.6 Å². The van der Waals surface area contributed by atoms with Gasteiger partial charge in [0.25, 0.3) is 11.8 Å². The Morgan fingerprint density at radius 2 is 2.00 bits per heavy atom. The first-order valence-electron chi connectivity index (χ1n) is 13.3. The molecule has 2 atom stereocenters. The molecule has 18 heteroatoms. The van der Waals surface area contributed by atoms with Crippen molar-refractivity contribution in [3.8, 4) is 0 Å². The Balaban J connectivity index is 1.45. The van der Waals surface area contributed by atoms with Gasteiger partial charge in [-0.25, -0.2) is 27.7 Å². The van der Waals surface area contributed by atoms with Crippen LogP contribution in [0.3, 0.4) is 0 Å². The highest BCUT2D eigenvalue weighted by molar-refractivity contribution is 5.93. The molecule has 1 unspecified atom stereocenters. The number of nitrogens with zero attached hydrogens (tertiary/aromatic N) is 6. The van der Waals surface area contributed by atoms with Gasteiger partial charge < -0.3 is 25.0 Å². The predicted octanol–water partition coefficient (Wildman–Crippen LogP) is 3.17. The Morgan fingerprint density at radius 1 is 1.26 bits per heavy atom. The zero-order valence-electron chi connectivity index (χ0n) is 23.3. The van der Waals surface area contributed by atoms with Gasteiger partial charge in [0.05, 0.1) is 56.5 Å². The molecule has 13 nitrogen and oxygen atoms in total. The third-order valence-corrected chi connectivity index (χ3v) is 7.26. The average Bonchev–Trinajstić information content (AvgIpc) is 3.49. The topological polar surface area (TPSA) is 149 Å². The molecule has 2 aliphatic rings. The van der Waals surface area contributed by atoms with Gasteiger partial charge in [0.15, 0.2) is 16.9 Å². The van der Waals surface area contributed by atoms with E-state index in [-0.39, 0.29) is 29.6 Å². The smallest absolute Gasteiger partial charge is 0.382 e. The minimum atomic E-state index is -4.71. The summed E-state index contributed by atoms with van der Waals surface area (Å²) in [5.41, 5.74) is -1.73. The molecule has 0 bridgehead atoms. The molecule has 3 amide bonds. The highest BCUT2D eigenvalue weighted by Gasteiger charge is 2.49. The SMILES string of the molecule is COC[C@H](c1cnn2cc(C(COC(C)(C)C(F)(F)F)NC(=O)c3nonc3C3CC3)nc2c1)N1CC(F)(F)CNC1=O. The second kappa shape index (κ2) is 11.3. The number of urea groups is 1. The molecular weight excluding hydrogens is 587 g/mol. The van der Waals surface area contributed by atoms with E-state index in [0.29, 0.717) is 11.3 Å². The number of ether oxygens (including phenoxy) is 2. The number of hydrogen-bond donors (Lipinski definition) is 2. The summed E-state index contributed by atoms with van der Waals surface area (Å²) in [4.78, 5) is 31.0. The lowest BCUT2D eigenvalue weighted by Crippen LogP contribution is -2.58. The molecule has 5 rings (SSSR count). The van der Waals surface area contributed by atoms with Crippen molar-refractivity contribution in [3.63, 3.8) is 0 Å². The highest BCUT2D eigenvalue weighted by Crippen LogP contribution is 2.40. The Bertz CT molecular complexity index is 1490. The van der Waals surface area contributed by atoms with Crippen LogP contribution < -0.4 is 10.6 Å². The summed E-state index contributed by atoms with van der Waals surface area (Å²) in [5, 5.41) is 16.5. The molecule has 2 fully saturated rings. The van der Waals surface area contributed by atoms with E-state index in [4.69, 9.17) is 14.1 Å². The third-order valence-electron chi connectivity index (χ3n) is 7.26. The lowest BCUT2D eigenvalue weighted by molar-refractivity contribution is -0.265. The van der Waals surface area contributed by atoms with Crippen molar-refractivity contribution in [2.45, 2.75) is 62.4 Å². The van der Waals surface area contributed by atoms with Crippen LogP contribution >= 0.6 is 0 Å². The molecule has 1 saturated heterocycles. The van der Waals surface area contributed by atoms with Gasteiger partial charge >= 0.3 is 12.2 Å². The van der Waals surface area contributed by atoms with Crippen molar-refractivity contribution >= 4 is 17.6 Å². The van der Waals surface area contributed by atoms with E-state index in [1.165, 1.54) is 30.1 Å². The minimum Gasteiger partial charge on any atom is -0.382 e. The summed E-state index contributed by atoms with van der Waals surface area (Å²) in [7, 11) is 1.35. The molecule has 2 N–H and O–H groups in total. The van der Waals surface area contributed by atoms with E-state index in [1.807, 2.05) is 0 Å². The molecule has 1 aliphatic heterocycles. The van der Waals surface area contributed by atoms with E-state index < -0.39 is 61.4 Å². The number of fused-ring (bicyclic) bond motifs is 1. The standard InChI is InChI=1S/C25H29F5N8O5/c1-23(2,25(28,29)30)42-9-16(34-21(39)20-19(13-4-5-13)35-43-36-20)15-8-38-18(33-15)6-14(7-32-38)17(10-41-3)37-12-24(26,27)11-31-22(37)40/h6-8,13,16-17H,4-5,9-12H2,1-3H3,(H,31,40)(H,34,39)/t16?,17-/m1/s1. The Hall–Kier alpha value is -3.93. The van der Waals surface area contributed by atoms with Crippen molar-refractivity contribution in [1.29, 1.82) is 0 Å². The maximum absolute atomic E-state index is 14.1. The fraction of sp³-hybridized carbons (Fsp3) is 0.600. The van der Waals surface area contributed by atoms with E-state index in [0.717, 1.165) is 31.6 Å². The fourth-order valence-corrected chi connectivity index (χ4v) is 4.50. The van der Waals surface area contributed by atoms with Crippen LogP contribution in [0.4, 0.5) is 26.7 Å². The number of methoxy groups -OCH3 is 1. The van der Waals surface area contributed by atoms with Crippen LogP contribution in [0.5, 0.6) is 0 Å². The monoisotopic (exact) mass is 616 g/mol. The molecule has 0 spiro atoms. The number of alkyl halides is 5. The quantitative estimate of drug-likeness (QED) is 0.310. The number of amides is 3. The van der Waals surface area contributed by atoms with Gasteiger partial charge in [0.2, 0.25) is 0 Å². The molecule has 0 radical (unpaired) electrons. The van der Waals surface area contributed by atoms with Crippen molar-refractivity contribution in [2.75, 3.05) is 33.4 Å². The number of nitrogens with one attached hydrogen (secondary N) is 2. The maximum Gasteiger partial charge on any atom is 0.416 e. The molecule has 1 saturated carbocycles. The third kappa shape index (κ3) is 6.53. The summed E-state index contributed by atoms with van der Waals surface area (Å²) in [6.07, 6.45) is -0.407. The van der Waals surface area contributed by atoms with Crippen molar-refractivity contribution in [1.82, 2.24) is 40.4 Å². The second-order valence-corrected chi connectivity index (χ2v) is 11.0. The van der Waals surface area contributed by atoms with Gasteiger partial charge in [-0.2, -0.15) is 18.3 Å². The van der Waals surface area contributed by atoms with Crippen LogP contribution in [0, 0.1) is 0 Å². The van der Waals surface area contributed by atoms with Gasteiger partial charge in [0, 0.05) is 18.6 Å². The van der Waals surface area contributed by atoms with Crippen molar-refractivity contribution in [2.24, 2.45) is 0 Å². The number of hydrogen-bond acceptors (Lipinski definition) is 9. The number of carbonyl (C=O) groups is 2. The number of halogens is 5. The highest BCUT2D eigenvalue weighted by atomic mass is 19.4. The normalized spacial score (nSPS) is 18.9. The molecule has 3 aromatic heterocycles. The van der Waals surface area contributed by atoms with Crippen LogP contribution in [0.15, 0.2) is 23.1 Å². The first-order chi connectivity index (χ1) is 20.2. The number of rotatable bonds is 11. The van der Waals surface area contributed by atoms with E-state index in [2.05, 4.69) is 31.0 Å². The lowest BCUT2D eigenvalue weighted by atomic mass is 10.1. The van der Waals surface area contributed by atoms with Gasteiger partial charge in [-0.15, -0.1) is 0 Å². The summed E-state index contributed by atoms with van der Waals surface area (Å²) >= 11 is 0. The average molecular weight is 617 g/mol. The summed E-state index contributed by atoms with van der Waals surface area (Å²) in [6, 6.07) is -1.39. The summed E-state index contributed by atoms with van der Waals surface area (Å²) in [5.74, 6) is -3.91. The summed E-state index contributed by atoms with van der Waals surface area (Å²) in [6.45, 7) is -0.705. The first-order valence-corrected chi connectivity index (χ1v) is 13.3. The molecule has 234 valence electrons. The zero-order valence-corrected chi connectivity index (χ0v) is 23.3. The van der Waals surface area contributed by atoms with E-state index in [1.54, 1.807) is 0 Å². The fourth-order valence-electron chi connectivity index (χ4n) is 4.50. The molecular formula is C25H29F5N8O5. The Labute approximate surface area is 241 Å². The minimum absolute atomic E-state index is 0.00524. The van der Waals surface area contributed by atoms with E-state index in [9.17, 15) is 31.5 Å². The van der Waals surface area contributed by atoms with Crippen LogP contribution in [0.1, 0.15) is 72.1 Å². The molecule has 0 aromatic carbocycles. The predicted molar refractivity (Wildman–Crippen MR) is 135 cm³/mol. The first kappa shape index (κ1) is 30.5. The van der Waals surface area contributed by atoms with Crippen LogP contribution in [-0.4, -0.2) is 92.9 Å². The van der Waals surface area contributed by atoms with Crippen LogP contribution in [-0.2, 0) is 9.47 Å². The number of aromatic nitrogens is 5. The van der Waals surface area contributed by atoms with Gasteiger partial charge in [-0.1, -0.05) is 5.16 Å². The molecule has 1 aliphatic carbocycles. The van der Waals surface area contributed by atoms with Crippen LogP contribution in [0.2, 0.25) is 0 Å². The largest absolute Gasteiger partial charge is 0.416 e. The summed E-state index contributed by atoms with van der Waals surface area (Å²) < 4.78 is 85.3. The Kier molecular flexibility index (Phi) is 8.02.